The molecule has 5 heteroatoms. The van der Waals surface area contributed by atoms with Crippen molar-refractivity contribution in [3.05, 3.63) is 0 Å². The van der Waals surface area contributed by atoms with E-state index >= 15 is 0 Å². The van der Waals surface area contributed by atoms with Gasteiger partial charge in [0, 0.05) is 6.04 Å². The maximum absolute atomic E-state index is 11.9. The van der Waals surface area contributed by atoms with Crippen molar-refractivity contribution in [2.24, 2.45) is 5.92 Å². The molecule has 20 heavy (non-hydrogen) atoms. The molecule has 118 valence electrons. The van der Waals surface area contributed by atoms with Crippen molar-refractivity contribution in [1.29, 1.82) is 0 Å². The van der Waals surface area contributed by atoms with Gasteiger partial charge < -0.3 is 15.4 Å². The second-order valence-corrected chi connectivity index (χ2v) is 5.72. The molecule has 5 nitrogen and oxygen atoms in total. The van der Waals surface area contributed by atoms with Crippen LogP contribution in [0.15, 0.2) is 0 Å². The highest BCUT2D eigenvalue weighted by Gasteiger charge is 2.22. The van der Waals surface area contributed by atoms with Gasteiger partial charge in [-0.05, 0) is 25.7 Å². The maximum atomic E-state index is 11.9. The molecule has 0 fully saturated rings. The molecule has 0 aromatic carbocycles. The van der Waals surface area contributed by atoms with Crippen molar-refractivity contribution >= 4 is 12.0 Å². The van der Waals surface area contributed by atoms with Crippen LogP contribution in [0.3, 0.4) is 0 Å². The Labute approximate surface area is 122 Å². The van der Waals surface area contributed by atoms with Crippen molar-refractivity contribution in [2.75, 3.05) is 7.11 Å². The van der Waals surface area contributed by atoms with Crippen LogP contribution in [0.1, 0.15) is 59.8 Å². The molecule has 0 saturated carbocycles. The molecule has 0 saturated heterocycles. The molecule has 0 bridgehead atoms. The van der Waals surface area contributed by atoms with Crippen molar-refractivity contribution in [1.82, 2.24) is 10.6 Å². The molecule has 0 heterocycles. The van der Waals surface area contributed by atoms with Crippen LogP contribution in [0, 0.1) is 5.92 Å². The van der Waals surface area contributed by atoms with E-state index in [1.165, 1.54) is 13.5 Å². The highest BCUT2D eigenvalue weighted by molar-refractivity contribution is 5.83. The number of ether oxygens (including phenoxy) is 1. The first-order valence-electron chi connectivity index (χ1n) is 7.55. The molecule has 0 radical (unpaired) electrons. The van der Waals surface area contributed by atoms with Crippen LogP contribution >= 0.6 is 0 Å². The fourth-order valence-electron chi connectivity index (χ4n) is 2.02. The number of carbonyl (C=O) groups excluding carboxylic acids is 2. The number of esters is 1. The Hall–Kier alpha value is -1.26. The van der Waals surface area contributed by atoms with E-state index in [1.54, 1.807) is 0 Å². The molecule has 0 aliphatic carbocycles. The summed E-state index contributed by atoms with van der Waals surface area (Å²) in [4.78, 5) is 23.5. The molecule has 0 spiro atoms. The Morgan fingerprint density at radius 3 is 2.25 bits per heavy atom. The SMILES string of the molecule is CCCCCC(C)NC(=O)NC(CC(C)C)C(=O)OC. The van der Waals surface area contributed by atoms with E-state index in [1.807, 2.05) is 20.8 Å². The number of methoxy groups -OCH3 is 1. The van der Waals surface area contributed by atoms with Crippen LogP contribution in [0.25, 0.3) is 0 Å². The smallest absolute Gasteiger partial charge is 0.328 e. The van der Waals surface area contributed by atoms with E-state index in [9.17, 15) is 9.59 Å². The van der Waals surface area contributed by atoms with Crippen LogP contribution in [0.4, 0.5) is 4.79 Å². The van der Waals surface area contributed by atoms with E-state index in [0.717, 1.165) is 19.3 Å². The molecule has 2 atom stereocenters. The fourth-order valence-corrected chi connectivity index (χ4v) is 2.02. The Balaban J connectivity index is 4.20. The molecule has 0 aromatic heterocycles. The monoisotopic (exact) mass is 286 g/mol. The van der Waals surface area contributed by atoms with Crippen molar-refractivity contribution in [3.63, 3.8) is 0 Å². The van der Waals surface area contributed by atoms with Crippen molar-refractivity contribution in [3.8, 4) is 0 Å². The molecule has 2 unspecified atom stereocenters. The summed E-state index contributed by atoms with van der Waals surface area (Å²) in [6, 6.07) is -0.771. The topological polar surface area (TPSA) is 67.4 Å². The first-order valence-corrected chi connectivity index (χ1v) is 7.55. The third-order valence-electron chi connectivity index (χ3n) is 3.12. The summed E-state index contributed by atoms with van der Waals surface area (Å²) in [7, 11) is 1.34. The molecule has 0 aliphatic rings. The van der Waals surface area contributed by atoms with E-state index in [2.05, 4.69) is 17.6 Å². The average Bonchev–Trinajstić information content (AvgIpc) is 2.36. The fraction of sp³-hybridized carbons (Fsp3) is 0.867. The van der Waals surface area contributed by atoms with Gasteiger partial charge >= 0.3 is 12.0 Å². The quantitative estimate of drug-likeness (QED) is 0.506. The summed E-state index contributed by atoms with van der Waals surface area (Å²) in [5.41, 5.74) is 0. The number of hydrogen-bond acceptors (Lipinski definition) is 3. The van der Waals surface area contributed by atoms with Crippen LogP contribution in [0.2, 0.25) is 0 Å². The summed E-state index contributed by atoms with van der Waals surface area (Å²) < 4.78 is 4.72. The molecule has 0 aliphatic heterocycles. The van der Waals surface area contributed by atoms with Gasteiger partial charge in [-0.2, -0.15) is 0 Å². The predicted molar refractivity (Wildman–Crippen MR) is 80.5 cm³/mol. The highest BCUT2D eigenvalue weighted by atomic mass is 16.5. The van der Waals surface area contributed by atoms with Crippen LogP contribution in [-0.4, -0.2) is 31.2 Å². The molecule has 2 N–H and O–H groups in total. The van der Waals surface area contributed by atoms with Gasteiger partial charge in [-0.1, -0.05) is 40.0 Å². The number of rotatable bonds is 9. The lowest BCUT2D eigenvalue weighted by atomic mass is 10.0. The second-order valence-electron chi connectivity index (χ2n) is 5.72. The Bertz CT molecular complexity index is 293. The highest BCUT2D eigenvalue weighted by Crippen LogP contribution is 2.07. The summed E-state index contributed by atoms with van der Waals surface area (Å²) >= 11 is 0. The van der Waals surface area contributed by atoms with Crippen LogP contribution in [0.5, 0.6) is 0 Å². The van der Waals surface area contributed by atoms with Crippen LogP contribution in [-0.2, 0) is 9.53 Å². The van der Waals surface area contributed by atoms with E-state index in [0.29, 0.717) is 12.3 Å². The van der Waals surface area contributed by atoms with E-state index in [4.69, 9.17) is 4.74 Å². The number of carbonyl (C=O) groups is 2. The van der Waals surface area contributed by atoms with Gasteiger partial charge in [-0.3, -0.25) is 0 Å². The maximum Gasteiger partial charge on any atom is 0.328 e. The lowest BCUT2D eigenvalue weighted by Gasteiger charge is -2.20. The Morgan fingerprint density at radius 1 is 1.10 bits per heavy atom. The summed E-state index contributed by atoms with van der Waals surface area (Å²) in [6.07, 6.45) is 4.96. The van der Waals surface area contributed by atoms with Gasteiger partial charge in [0.15, 0.2) is 0 Å². The average molecular weight is 286 g/mol. The standard InChI is InChI=1S/C15H30N2O3/c1-6-7-8-9-12(4)16-15(19)17-13(10-11(2)3)14(18)20-5/h11-13H,6-10H2,1-5H3,(H2,16,17,19). The third-order valence-corrected chi connectivity index (χ3v) is 3.12. The normalized spacial score (nSPS) is 13.7. The van der Waals surface area contributed by atoms with Gasteiger partial charge in [-0.25, -0.2) is 9.59 Å². The molecule has 0 rings (SSSR count). The number of unbranched alkanes of at least 4 members (excludes halogenated alkanes) is 2. The van der Waals surface area contributed by atoms with Crippen molar-refractivity contribution in [2.45, 2.75) is 71.9 Å². The van der Waals surface area contributed by atoms with Gasteiger partial charge in [0.1, 0.15) is 6.04 Å². The van der Waals surface area contributed by atoms with E-state index < -0.39 is 12.0 Å². The Morgan fingerprint density at radius 2 is 1.75 bits per heavy atom. The first-order chi connectivity index (χ1) is 9.40. The third kappa shape index (κ3) is 8.77. The lowest BCUT2D eigenvalue weighted by Crippen LogP contribution is -2.49. The van der Waals surface area contributed by atoms with Crippen LogP contribution < -0.4 is 10.6 Å². The minimum absolute atomic E-state index is 0.110. The number of amides is 2. The molecular formula is C15H30N2O3. The molecular weight excluding hydrogens is 256 g/mol. The summed E-state index contributed by atoms with van der Waals surface area (Å²) in [5, 5.41) is 5.56. The lowest BCUT2D eigenvalue weighted by molar-refractivity contribution is -0.143. The minimum atomic E-state index is -0.581. The number of hydrogen-bond donors (Lipinski definition) is 2. The second kappa shape index (κ2) is 10.5. The minimum Gasteiger partial charge on any atom is -0.467 e. The summed E-state index contributed by atoms with van der Waals surface area (Å²) in [5.74, 6) is -0.0890. The largest absolute Gasteiger partial charge is 0.467 e. The molecule has 2 amide bonds. The zero-order valence-electron chi connectivity index (χ0n) is 13.5. The number of urea groups is 1. The molecule has 0 aromatic rings. The van der Waals surface area contributed by atoms with E-state index in [-0.39, 0.29) is 12.1 Å². The van der Waals surface area contributed by atoms with Crippen molar-refractivity contribution < 1.29 is 14.3 Å². The zero-order chi connectivity index (χ0) is 15.5. The number of nitrogens with one attached hydrogen (secondary N) is 2. The predicted octanol–water partition coefficient (Wildman–Crippen LogP) is 2.84. The summed E-state index contributed by atoms with van der Waals surface area (Å²) in [6.45, 7) is 8.13. The zero-order valence-corrected chi connectivity index (χ0v) is 13.5. The Kier molecular flexibility index (Phi) is 9.86. The van der Waals surface area contributed by atoms with Gasteiger partial charge in [0.05, 0.1) is 7.11 Å². The van der Waals surface area contributed by atoms with Gasteiger partial charge in [-0.15, -0.1) is 0 Å². The van der Waals surface area contributed by atoms with Gasteiger partial charge in [0.2, 0.25) is 0 Å². The van der Waals surface area contributed by atoms with Gasteiger partial charge in [0.25, 0.3) is 0 Å². The first kappa shape index (κ1) is 18.7.